The first-order valence-corrected chi connectivity index (χ1v) is 15.3. The van der Waals surface area contributed by atoms with Gasteiger partial charge >= 0.3 is 0 Å². The molecule has 6 aromatic carbocycles. The molecule has 0 amide bonds. The third-order valence-corrected chi connectivity index (χ3v) is 8.70. The highest BCUT2D eigenvalue weighted by molar-refractivity contribution is 5.93. The van der Waals surface area contributed by atoms with Crippen molar-refractivity contribution in [2.75, 3.05) is 11.5 Å². The monoisotopic (exact) mass is 588 g/mol. The highest BCUT2D eigenvalue weighted by atomic mass is 16.5. The lowest BCUT2D eigenvalue weighted by atomic mass is 9.88. The van der Waals surface area contributed by atoms with E-state index in [0.717, 1.165) is 74.2 Å². The van der Waals surface area contributed by atoms with E-state index in [1.54, 1.807) is 0 Å². The molecule has 7 rings (SSSR count). The second kappa shape index (κ2) is 11.2. The minimum Gasteiger partial charge on any atom is -0.457 e. The molecule has 4 heteroatoms. The van der Waals surface area contributed by atoms with Crippen molar-refractivity contribution in [3.63, 3.8) is 0 Å². The molecule has 0 aliphatic heterocycles. The van der Waals surface area contributed by atoms with Crippen molar-refractivity contribution in [1.29, 1.82) is 0 Å². The molecule has 4 nitrogen and oxygen atoms in total. The van der Waals surface area contributed by atoms with Crippen LogP contribution in [0.1, 0.15) is 33.4 Å². The Kier molecular flexibility index (Phi) is 7.06. The third kappa shape index (κ3) is 5.29. The molecule has 45 heavy (non-hydrogen) atoms. The first-order chi connectivity index (χ1) is 21.7. The normalized spacial score (nSPS) is 11.6. The van der Waals surface area contributed by atoms with Crippen LogP contribution in [0.2, 0.25) is 0 Å². The summed E-state index contributed by atoms with van der Waals surface area (Å²) in [6.45, 7) is 8.10. The Morgan fingerprint density at radius 1 is 0.489 bits per heavy atom. The number of aryl methyl sites for hydroxylation is 4. The van der Waals surface area contributed by atoms with Crippen LogP contribution in [0.5, 0.6) is 23.0 Å². The minimum atomic E-state index is 0.745. The predicted molar refractivity (Wildman–Crippen MR) is 186 cm³/mol. The third-order valence-electron chi connectivity index (χ3n) is 8.70. The van der Waals surface area contributed by atoms with Gasteiger partial charge in [-0.3, -0.25) is 0 Å². The first-order valence-electron chi connectivity index (χ1n) is 15.3. The van der Waals surface area contributed by atoms with E-state index in [9.17, 15) is 0 Å². The second-order valence-electron chi connectivity index (χ2n) is 12.1. The summed E-state index contributed by atoms with van der Waals surface area (Å²) in [7, 11) is 0. The molecule has 1 aliphatic carbocycles. The van der Waals surface area contributed by atoms with E-state index in [1.807, 2.05) is 64.1 Å². The highest BCUT2D eigenvalue weighted by Crippen LogP contribution is 2.46. The molecule has 0 unspecified atom stereocenters. The van der Waals surface area contributed by atoms with Gasteiger partial charge in [0.25, 0.3) is 0 Å². The van der Waals surface area contributed by atoms with Gasteiger partial charge in [0.2, 0.25) is 0 Å². The molecule has 4 N–H and O–H groups in total. The number of rotatable bonds is 6. The maximum Gasteiger partial charge on any atom is 0.133 e. The van der Waals surface area contributed by atoms with Crippen molar-refractivity contribution in [1.82, 2.24) is 0 Å². The molecule has 0 bridgehead atoms. The Labute approximate surface area is 264 Å². The molecular weight excluding hydrogens is 552 g/mol. The topological polar surface area (TPSA) is 70.5 Å². The molecule has 0 atom stereocenters. The lowest BCUT2D eigenvalue weighted by molar-refractivity contribution is 0.475. The van der Waals surface area contributed by atoms with Gasteiger partial charge in [0.1, 0.15) is 23.0 Å². The Balaban J connectivity index is 1.27. The molecule has 1 aliphatic rings. The Bertz CT molecular complexity index is 2030. The molecule has 0 heterocycles. The predicted octanol–water partition coefficient (Wildman–Crippen LogP) is 10.6. The lowest BCUT2D eigenvalue weighted by Gasteiger charge is -2.18. The Hall–Kier alpha value is -5.48. The SMILES string of the molecule is Cc1cc(N)cc(C)c1Oc1ccc(-c2ccc3c(c2-c2ccc(Oc4c(C)cc(N)cc4C)cc2)Cc2ccccc2-3)cc1. The number of benzene rings is 6. The van der Waals surface area contributed by atoms with Crippen molar-refractivity contribution in [3.8, 4) is 56.4 Å². The van der Waals surface area contributed by atoms with Gasteiger partial charge in [0, 0.05) is 11.4 Å². The molecular formula is C41H36N2O2. The van der Waals surface area contributed by atoms with Gasteiger partial charge in [-0.05, 0) is 149 Å². The van der Waals surface area contributed by atoms with E-state index >= 15 is 0 Å². The zero-order valence-electron chi connectivity index (χ0n) is 26.1. The van der Waals surface area contributed by atoms with E-state index in [4.69, 9.17) is 20.9 Å². The molecule has 0 spiro atoms. The van der Waals surface area contributed by atoms with Gasteiger partial charge in [-0.1, -0.05) is 60.7 Å². The Morgan fingerprint density at radius 2 is 0.956 bits per heavy atom. The number of ether oxygens (including phenoxy) is 2. The van der Waals surface area contributed by atoms with E-state index < -0.39 is 0 Å². The molecule has 222 valence electrons. The van der Waals surface area contributed by atoms with E-state index in [-0.39, 0.29) is 0 Å². The van der Waals surface area contributed by atoms with Crippen molar-refractivity contribution >= 4 is 11.4 Å². The van der Waals surface area contributed by atoms with Crippen LogP contribution >= 0.6 is 0 Å². The van der Waals surface area contributed by atoms with Gasteiger partial charge in [0.15, 0.2) is 0 Å². The average Bonchev–Trinajstić information content (AvgIpc) is 3.40. The second-order valence-corrected chi connectivity index (χ2v) is 12.1. The summed E-state index contributed by atoms with van der Waals surface area (Å²) in [6.07, 6.45) is 0.896. The van der Waals surface area contributed by atoms with E-state index in [1.165, 1.54) is 33.4 Å². The van der Waals surface area contributed by atoms with Gasteiger partial charge in [-0.15, -0.1) is 0 Å². The minimum absolute atomic E-state index is 0.745. The zero-order chi connectivity index (χ0) is 31.2. The summed E-state index contributed by atoms with van der Waals surface area (Å²) in [5.41, 5.74) is 27.7. The van der Waals surface area contributed by atoms with E-state index in [2.05, 4.69) is 72.8 Å². The van der Waals surface area contributed by atoms with Crippen LogP contribution in [0, 0.1) is 27.7 Å². The molecule has 0 fully saturated rings. The fourth-order valence-corrected chi connectivity index (χ4v) is 6.70. The fourth-order valence-electron chi connectivity index (χ4n) is 6.70. The highest BCUT2D eigenvalue weighted by Gasteiger charge is 2.24. The summed E-state index contributed by atoms with van der Waals surface area (Å²) < 4.78 is 12.7. The van der Waals surface area contributed by atoms with Crippen LogP contribution in [0.3, 0.4) is 0 Å². The van der Waals surface area contributed by atoms with Crippen LogP contribution < -0.4 is 20.9 Å². The quantitative estimate of drug-likeness (QED) is 0.190. The molecule has 0 saturated heterocycles. The van der Waals surface area contributed by atoms with Crippen LogP contribution in [0.25, 0.3) is 33.4 Å². The number of hydrogen-bond acceptors (Lipinski definition) is 4. The van der Waals surface area contributed by atoms with Crippen LogP contribution in [0.15, 0.2) is 109 Å². The van der Waals surface area contributed by atoms with Gasteiger partial charge in [-0.2, -0.15) is 0 Å². The summed E-state index contributed by atoms with van der Waals surface area (Å²) in [4.78, 5) is 0. The van der Waals surface area contributed by atoms with Crippen molar-refractivity contribution < 1.29 is 9.47 Å². The van der Waals surface area contributed by atoms with Crippen molar-refractivity contribution in [2.45, 2.75) is 34.1 Å². The number of nitrogens with two attached hydrogens (primary N) is 2. The van der Waals surface area contributed by atoms with Crippen LogP contribution in [-0.2, 0) is 6.42 Å². The van der Waals surface area contributed by atoms with E-state index in [0.29, 0.717) is 0 Å². The van der Waals surface area contributed by atoms with Crippen molar-refractivity contribution in [3.05, 3.63) is 143 Å². The number of anilines is 2. The first kappa shape index (κ1) is 28.3. The number of fused-ring (bicyclic) bond motifs is 3. The smallest absolute Gasteiger partial charge is 0.133 e. The van der Waals surface area contributed by atoms with Gasteiger partial charge in [0.05, 0.1) is 0 Å². The Morgan fingerprint density at radius 3 is 1.49 bits per heavy atom. The average molecular weight is 589 g/mol. The van der Waals surface area contributed by atoms with Crippen LogP contribution in [0.4, 0.5) is 11.4 Å². The molecule has 0 radical (unpaired) electrons. The summed E-state index contributed by atoms with van der Waals surface area (Å²) in [5.74, 6) is 3.28. The zero-order valence-corrected chi connectivity index (χ0v) is 26.1. The summed E-state index contributed by atoms with van der Waals surface area (Å²) >= 11 is 0. The van der Waals surface area contributed by atoms with Crippen LogP contribution in [-0.4, -0.2) is 0 Å². The maximum atomic E-state index is 6.35. The van der Waals surface area contributed by atoms with Gasteiger partial charge in [-0.25, -0.2) is 0 Å². The fraction of sp³-hybridized carbons (Fsp3) is 0.122. The number of nitrogen functional groups attached to an aromatic ring is 2. The maximum absolute atomic E-state index is 6.35. The van der Waals surface area contributed by atoms with Gasteiger partial charge < -0.3 is 20.9 Å². The molecule has 0 aromatic heterocycles. The summed E-state index contributed by atoms with van der Waals surface area (Å²) in [6, 6.07) is 37.9. The summed E-state index contributed by atoms with van der Waals surface area (Å²) in [5, 5.41) is 0. The molecule has 6 aromatic rings. The standard InChI is InChI=1S/C41H36N2O2/c1-24-19-31(42)20-25(2)40(24)44-33-13-9-28(10-14-33)36-17-18-37-35-8-6-5-7-30(35)23-38(37)39(36)29-11-15-34(16-12-29)45-41-26(3)21-32(43)22-27(41)4/h5-22H,23,42-43H2,1-4H3. The molecule has 0 saturated carbocycles. The lowest BCUT2D eigenvalue weighted by Crippen LogP contribution is -1.96. The van der Waals surface area contributed by atoms with Crippen molar-refractivity contribution in [2.24, 2.45) is 0 Å². The number of hydrogen-bond donors (Lipinski definition) is 2. The largest absolute Gasteiger partial charge is 0.457 e.